The van der Waals surface area contributed by atoms with Gasteiger partial charge in [0.2, 0.25) is 5.96 Å². The molecule has 0 fully saturated rings. The minimum Gasteiger partial charge on any atom is -0.299 e. The summed E-state index contributed by atoms with van der Waals surface area (Å²) in [7, 11) is 1.88. The van der Waals surface area contributed by atoms with Crippen molar-refractivity contribution in [2.45, 2.75) is 0 Å². The molecule has 0 N–H and O–H groups in total. The number of aromatic nitrogens is 1. The van der Waals surface area contributed by atoms with Crippen LogP contribution >= 0.6 is 0 Å². The molecular weight excluding hydrogens is 192 g/mol. The molecule has 0 radical (unpaired) electrons. The molecule has 1 amide bonds. The van der Waals surface area contributed by atoms with Crippen LogP contribution in [0.2, 0.25) is 0 Å². The van der Waals surface area contributed by atoms with E-state index in [4.69, 9.17) is 0 Å². The van der Waals surface area contributed by atoms with E-state index in [1.807, 2.05) is 11.9 Å². The van der Waals surface area contributed by atoms with Gasteiger partial charge in [-0.15, -0.1) is 0 Å². The van der Waals surface area contributed by atoms with Gasteiger partial charge in [-0.05, 0) is 12.1 Å². The monoisotopic (exact) mass is 202 g/mol. The Morgan fingerprint density at radius 2 is 2.33 bits per heavy atom. The molecular formula is C10H10N4O. The lowest BCUT2D eigenvalue weighted by molar-refractivity contribution is 0.0851. The van der Waals surface area contributed by atoms with Crippen LogP contribution in [-0.2, 0) is 0 Å². The van der Waals surface area contributed by atoms with Crippen molar-refractivity contribution in [2.75, 3.05) is 25.0 Å². The van der Waals surface area contributed by atoms with E-state index in [9.17, 15) is 4.79 Å². The predicted molar refractivity (Wildman–Crippen MR) is 56.0 cm³/mol. The van der Waals surface area contributed by atoms with Crippen LogP contribution in [-0.4, -0.2) is 41.9 Å². The second-order valence-corrected chi connectivity index (χ2v) is 3.57. The number of rotatable bonds is 0. The largest absolute Gasteiger partial charge is 0.299 e. The fourth-order valence-corrected chi connectivity index (χ4v) is 1.99. The number of carbonyl (C=O) groups excluding carboxylic acids is 1. The van der Waals surface area contributed by atoms with Crippen molar-refractivity contribution < 1.29 is 4.79 Å². The van der Waals surface area contributed by atoms with Crippen LogP contribution in [0, 0.1) is 0 Å². The van der Waals surface area contributed by atoms with Crippen molar-refractivity contribution in [1.82, 2.24) is 9.88 Å². The smallest absolute Gasteiger partial charge is 0.264 e. The van der Waals surface area contributed by atoms with Gasteiger partial charge in [0.25, 0.3) is 5.91 Å². The quantitative estimate of drug-likeness (QED) is 0.609. The molecule has 3 rings (SSSR count). The van der Waals surface area contributed by atoms with Crippen LogP contribution in [0.4, 0.5) is 5.82 Å². The van der Waals surface area contributed by atoms with Gasteiger partial charge in [-0.1, -0.05) is 0 Å². The first kappa shape index (κ1) is 8.40. The summed E-state index contributed by atoms with van der Waals surface area (Å²) in [6, 6.07) is 3.58. The summed E-state index contributed by atoms with van der Waals surface area (Å²) in [5, 5.41) is 0. The minimum atomic E-state index is 0.00690. The number of guanidine groups is 1. The average Bonchev–Trinajstić information content (AvgIpc) is 2.75. The number of amides is 1. The van der Waals surface area contributed by atoms with Crippen molar-refractivity contribution in [3.8, 4) is 0 Å². The Balaban J connectivity index is 2.21. The molecule has 1 aromatic heterocycles. The number of anilines is 1. The molecule has 5 heteroatoms. The second-order valence-electron chi connectivity index (χ2n) is 3.57. The molecule has 2 aliphatic rings. The van der Waals surface area contributed by atoms with E-state index in [1.165, 1.54) is 0 Å². The molecule has 0 aliphatic carbocycles. The summed E-state index contributed by atoms with van der Waals surface area (Å²) in [6.07, 6.45) is 1.69. The molecule has 0 saturated heterocycles. The molecule has 76 valence electrons. The van der Waals surface area contributed by atoms with E-state index in [-0.39, 0.29) is 5.91 Å². The summed E-state index contributed by atoms with van der Waals surface area (Å²) in [4.78, 5) is 24.1. The Morgan fingerprint density at radius 1 is 1.47 bits per heavy atom. The SMILES string of the molecule is CN1C2=NCCN2C(=O)c2cccnc21. The lowest BCUT2D eigenvalue weighted by Gasteiger charge is -2.32. The number of hydrogen-bond donors (Lipinski definition) is 0. The number of hydrogen-bond acceptors (Lipinski definition) is 4. The highest BCUT2D eigenvalue weighted by atomic mass is 16.2. The minimum absolute atomic E-state index is 0.00690. The van der Waals surface area contributed by atoms with Crippen molar-refractivity contribution in [1.29, 1.82) is 0 Å². The van der Waals surface area contributed by atoms with Gasteiger partial charge in [0.15, 0.2) is 0 Å². The normalized spacial score (nSPS) is 18.7. The molecule has 0 bridgehead atoms. The van der Waals surface area contributed by atoms with E-state index in [2.05, 4.69) is 9.98 Å². The van der Waals surface area contributed by atoms with Crippen LogP contribution in [0.5, 0.6) is 0 Å². The third kappa shape index (κ3) is 1.000. The zero-order valence-electron chi connectivity index (χ0n) is 8.34. The highest BCUT2D eigenvalue weighted by molar-refractivity contribution is 6.18. The molecule has 2 aliphatic heterocycles. The molecule has 0 aromatic carbocycles. The van der Waals surface area contributed by atoms with E-state index in [0.717, 1.165) is 0 Å². The summed E-state index contributed by atoms with van der Waals surface area (Å²) < 4.78 is 0. The number of nitrogens with zero attached hydrogens (tertiary/aromatic N) is 4. The van der Waals surface area contributed by atoms with Gasteiger partial charge in [0, 0.05) is 19.8 Å². The Morgan fingerprint density at radius 3 is 3.20 bits per heavy atom. The first-order valence-corrected chi connectivity index (χ1v) is 4.84. The Labute approximate surface area is 87.0 Å². The van der Waals surface area contributed by atoms with Crippen LogP contribution < -0.4 is 4.90 Å². The van der Waals surface area contributed by atoms with Gasteiger partial charge < -0.3 is 0 Å². The zero-order valence-corrected chi connectivity index (χ0v) is 8.34. The van der Waals surface area contributed by atoms with Crippen molar-refractivity contribution in [3.05, 3.63) is 23.9 Å². The average molecular weight is 202 g/mol. The maximum absolute atomic E-state index is 12.0. The van der Waals surface area contributed by atoms with E-state index in [1.54, 1.807) is 23.2 Å². The Bertz CT molecular complexity index is 468. The van der Waals surface area contributed by atoms with Gasteiger partial charge in [0.1, 0.15) is 5.82 Å². The molecule has 15 heavy (non-hydrogen) atoms. The van der Waals surface area contributed by atoms with Crippen molar-refractivity contribution in [3.63, 3.8) is 0 Å². The molecule has 1 aromatic rings. The van der Waals surface area contributed by atoms with Crippen LogP contribution in [0.1, 0.15) is 10.4 Å². The summed E-state index contributed by atoms with van der Waals surface area (Å²) in [5.41, 5.74) is 0.654. The Kier molecular flexibility index (Phi) is 1.56. The standard InChI is InChI=1S/C10H10N4O/c1-13-8-7(3-2-4-11-8)9(15)14-6-5-12-10(13)14/h2-4H,5-6H2,1H3. The number of aliphatic imine (C=N–C) groups is 1. The predicted octanol–water partition coefficient (Wildman–Crippen LogP) is 0.343. The van der Waals surface area contributed by atoms with Gasteiger partial charge in [0.05, 0.1) is 12.1 Å². The van der Waals surface area contributed by atoms with Crippen LogP contribution in [0.15, 0.2) is 23.3 Å². The first-order valence-electron chi connectivity index (χ1n) is 4.84. The van der Waals surface area contributed by atoms with Crippen LogP contribution in [0.25, 0.3) is 0 Å². The van der Waals surface area contributed by atoms with Gasteiger partial charge >= 0.3 is 0 Å². The highest BCUT2D eigenvalue weighted by Gasteiger charge is 2.35. The van der Waals surface area contributed by atoms with Crippen LogP contribution in [0.3, 0.4) is 0 Å². The van der Waals surface area contributed by atoms with Gasteiger partial charge in [-0.3, -0.25) is 19.6 Å². The van der Waals surface area contributed by atoms with E-state index < -0.39 is 0 Å². The lowest BCUT2D eigenvalue weighted by Crippen LogP contribution is -2.48. The summed E-state index contributed by atoms with van der Waals surface area (Å²) in [6.45, 7) is 1.35. The molecule has 0 saturated carbocycles. The lowest BCUT2D eigenvalue weighted by atomic mass is 10.2. The summed E-state index contributed by atoms with van der Waals surface area (Å²) in [5.74, 6) is 1.41. The zero-order chi connectivity index (χ0) is 10.4. The first-order chi connectivity index (χ1) is 7.29. The van der Waals surface area contributed by atoms with Gasteiger partial charge in [-0.2, -0.15) is 0 Å². The highest BCUT2D eigenvalue weighted by Crippen LogP contribution is 2.26. The number of fused-ring (bicyclic) bond motifs is 2. The summed E-state index contributed by atoms with van der Waals surface area (Å²) >= 11 is 0. The molecule has 0 spiro atoms. The molecule has 3 heterocycles. The molecule has 0 atom stereocenters. The van der Waals surface area contributed by atoms with E-state index >= 15 is 0 Å². The fourth-order valence-electron chi connectivity index (χ4n) is 1.99. The fraction of sp³-hybridized carbons (Fsp3) is 0.300. The Hall–Kier alpha value is -1.91. The maximum Gasteiger partial charge on any atom is 0.264 e. The maximum atomic E-state index is 12.0. The molecule has 0 unspecified atom stereocenters. The number of carbonyl (C=O) groups is 1. The van der Waals surface area contributed by atoms with Crippen molar-refractivity contribution >= 4 is 17.7 Å². The van der Waals surface area contributed by atoms with E-state index in [0.29, 0.717) is 30.4 Å². The molecule has 5 nitrogen and oxygen atoms in total. The number of pyridine rings is 1. The van der Waals surface area contributed by atoms with Crippen molar-refractivity contribution in [2.24, 2.45) is 4.99 Å². The third-order valence-corrected chi connectivity index (χ3v) is 2.70. The van der Waals surface area contributed by atoms with Gasteiger partial charge in [-0.25, -0.2) is 4.98 Å². The topological polar surface area (TPSA) is 48.8 Å². The second kappa shape index (κ2) is 2.79. The third-order valence-electron chi connectivity index (χ3n) is 2.70.